The van der Waals surface area contributed by atoms with Crippen molar-refractivity contribution in [2.24, 2.45) is 0 Å². The Kier molecular flexibility index (Phi) is 6.35. The molecule has 5 rings (SSSR count). The molecule has 0 saturated carbocycles. The van der Waals surface area contributed by atoms with Crippen molar-refractivity contribution in [1.82, 2.24) is 0 Å². The summed E-state index contributed by atoms with van der Waals surface area (Å²) in [6.07, 6.45) is 0. The zero-order valence-corrected chi connectivity index (χ0v) is 19.3. The summed E-state index contributed by atoms with van der Waals surface area (Å²) in [5.41, 5.74) is -6.10. The second-order valence-electron chi connectivity index (χ2n) is 8.33. The molecule has 0 radical (unpaired) electrons. The maximum absolute atomic E-state index is 15.4. The van der Waals surface area contributed by atoms with E-state index in [0.717, 1.165) is 19.2 Å². The number of benzene rings is 5. The smallest absolute Gasteiger partial charge is 0.200 e. The molecule has 0 aliphatic rings. The molecule has 0 N–H and O–H groups in total. The lowest BCUT2D eigenvalue weighted by molar-refractivity contribution is 0.381. The highest BCUT2D eigenvalue weighted by Gasteiger charge is 2.35. The van der Waals surface area contributed by atoms with Crippen molar-refractivity contribution in [3.63, 3.8) is 0 Å². The fourth-order valence-corrected chi connectivity index (χ4v) is 4.59. The Balaban J connectivity index is 2.21. The van der Waals surface area contributed by atoms with Gasteiger partial charge in [-0.25, -0.2) is 52.7 Å². The Hall–Kier alpha value is -4.42. The molecule has 0 aliphatic heterocycles. The molecule has 0 amide bonds. The van der Waals surface area contributed by atoms with Crippen LogP contribution in [0.4, 0.5) is 52.7 Å². The first-order valence-corrected chi connectivity index (χ1v) is 10.8. The minimum absolute atomic E-state index is 0.430. The monoisotopic (exact) mass is 576 g/mol. The lowest BCUT2D eigenvalue weighted by atomic mass is 9.84. The summed E-state index contributed by atoms with van der Waals surface area (Å²) in [5, 5.41) is -5.50. The molecule has 0 saturated heterocycles. The Bertz CT molecular complexity index is 1860. The van der Waals surface area contributed by atoms with Crippen LogP contribution in [-0.2, 0) is 0 Å². The van der Waals surface area contributed by atoms with E-state index in [1.807, 2.05) is 0 Å². The first-order chi connectivity index (χ1) is 18.8. The van der Waals surface area contributed by atoms with Gasteiger partial charge in [0.1, 0.15) is 23.2 Å². The number of rotatable bonds is 3. The minimum atomic E-state index is -2.67. The topological polar surface area (TPSA) is 9.23 Å². The van der Waals surface area contributed by atoms with E-state index in [-0.39, 0.29) is 0 Å². The highest BCUT2D eigenvalue weighted by atomic mass is 19.2. The normalized spacial score (nSPS) is 11.6. The molecule has 0 bridgehead atoms. The van der Waals surface area contributed by atoms with Gasteiger partial charge >= 0.3 is 0 Å². The second-order valence-corrected chi connectivity index (χ2v) is 8.33. The van der Waals surface area contributed by atoms with Crippen molar-refractivity contribution in [2.45, 2.75) is 0 Å². The lowest BCUT2D eigenvalue weighted by Crippen LogP contribution is -2.08. The van der Waals surface area contributed by atoms with Crippen molar-refractivity contribution in [2.75, 3.05) is 7.11 Å². The van der Waals surface area contributed by atoms with Crippen LogP contribution in [0.15, 0.2) is 30.3 Å². The molecular weight excluding hydrogens is 568 g/mol. The van der Waals surface area contributed by atoms with E-state index in [0.29, 0.717) is 18.2 Å². The average Bonchev–Trinajstić information content (AvgIpc) is 2.92. The summed E-state index contributed by atoms with van der Waals surface area (Å²) in [4.78, 5) is 0. The van der Waals surface area contributed by atoms with Crippen LogP contribution in [-0.4, -0.2) is 7.11 Å². The van der Waals surface area contributed by atoms with Gasteiger partial charge in [0.2, 0.25) is 5.82 Å². The van der Waals surface area contributed by atoms with Crippen LogP contribution in [0.3, 0.4) is 0 Å². The van der Waals surface area contributed by atoms with Gasteiger partial charge in [-0.2, -0.15) is 0 Å². The SMILES string of the molecule is COc1cc(F)c(-c2c3cccc(F)c3c(-c3c(F)c(F)c(F)c(F)c3F)c3c(F)c(F)c(F)c(F)c23)c(F)c1. The molecule has 0 aromatic heterocycles. The van der Waals surface area contributed by atoms with Crippen molar-refractivity contribution in [3.8, 4) is 28.0 Å². The summed E-state index contributed by atoms with van der Waals surface area (Å²) in [6, 6.07) is 3.23. The van der Waals surface area contributed by atoms with Crippen LogP contribution in [0, 0.1) is 69.8 Å². The fourth-order valence-electron chi connectivity index (χ4n) is 4.59. The van der Waals surface area contributed by atoms with Crippen molar-refractivity contribution >= 4 is 21.5 Å². The number of fused-ring (bicyclic) bond motifs is 2. The van der Waals surface area contributed by atoms with E-state index < -0.39 is 119 Å². The van der Waals surface area contributed by atoms with Gasteiger partial charge in [-0.05, 0) is 11.5 Å². The number of methoxy groups -OCH3 is 1. The van der Waals surface area contributed by atoms with Gasteiger partial charge in [-0.15, -0.1) is 0 Å². The van der Waals surface area contributed by atoms with Crippen molar-refractivity contribution in [1.29, 1.82) is 0 Å². The number of halogens is 12. The van der Waals surface area contributed by atoms with Gasteiger partial charge < -0.3 is 4.74 Å². The number of hydrogen-bond donors (Lipinski definition) is 0. The summed E-state index contributed by atoms with van der Waals surface area (Å²) >= 11 is 0. The van der Waals surface area contributed by atoms with E-state index in [1.54, 1.807) is 0 Å². The van der Waals surface area contributed by atoms with E-state index in [2.05, 4.69) is 0 Å². The molecule has 0 spiro atoms. The largest absolute Gasteiger partial charge is 0.497 e. The standard InChI is InChI=1S/C27H8F12O/c1-40-7-5-10(29)14(11(30)6-7)13-8-3-2-4-9(28)12(8)15(17-16(13)19(31)23(35)24(36)20(17)32)18-21(33)25(37)27(39)26(38)22(18)34/h2-6H,1H3. The summed E-state index contributed by atoms with van der Waals surface area (Å²) in [5.74, 6) is -28.4. The molecule has 0 aliphatic carbocycles. The number of ether oxygens (including phenoxy) is 1. The first-order valence-electron chi connectivity index (χ1n) is 10.8. The lowest BCUT2D eigenvalue weighted by Gasteiger charge is -2.21. The molecular formula is C27H8F12O. The zero-order chi connectivity index (χ0) is 29.4. The van der Waals surface area contributed by atoms with Crippen molar-refractivity contribution < 1.29 is 57.4 Å². The third-order valence-electron chi connectivity index (χ3n) is 6.26. The van der Waals surface area contributed by atoms with Gasteiger partial charge in [-0.1, -0.05) is 12.1 Å². The molecule has 5 aromatic rings. The third-order valence-corrected chi connectivity index (χ3v) is 6.26. The zero-order valence-electron chi connectivity index (χ0n) is 19.3. The van der Waals surface area contributed by atoms with Crippen LogP contribution in [0.2, 0.25) is 0 Å². The van der Waals surface area contributed by atoms with Gasteiger partial charge in [0.25, 0.3) is 0 Å². The van der Waals surface area contributed by atoms with E-state index in [9.17, 15) is 30.7 Å². The van der Waals surface area contributed by atoms with E-state index >= 15 is 22.0 Å². The van der Waals surface area contributed by atoms with Gasteiger partial charge in [0.15, 0.2) is 46.5 Å². The molecule has 0 atom stereocenters. The van der Waals surface area contributed by atoms with Gasteiger partial charge in [0, 0.05) is 39.4 Å². The van der Waals surface area contributed by atoms with Crippen LogP contribution in [0.25, 0.3) is 43.8 Å². The van der Waals surface area contributed by atoms with E-state index in [4.69, 9.17) is 4.74 Å². The third kappa shape index (κ3) is 3.59. The highest BCUT2D eigenvalue weighted by Crippen LogP contribution is 2.50. The van der Waals surface area contributed by atoms with Crippen LogP contribution in [0.1, 0.15) is 0 Å². The van der Waals surface area contributed by atoms with Crippen LogP contribution >= 0.6 is 0 Å². The van der Waals surface area contributed by atoms with E-state index in [1.165, 1.54) is 0 Å². The predicted octanol–water partition coefficient (Wildman–Crippen LogP) is 9.00. The quantitative estimate of drug-likeness (QED) is 0.0902. The highest BCUT2D eigenvalue weighted by molar-refractivity contribution is 6.22. The summed E-state index contributed by atoms with van der Waals surface area (Å²) in [6.45, 7) is 0. The van der Waals surface area contributed by atoms with Gasteiger partial charge in [-0.3, -0.25) is 0 Å². The average molecular weight is 576 g/mol. The molecule has 5 aromatic carbocycles. The number of hydrogen-bond acceptors (Lipinski definition) is 1. The van der Waals surface area contributed by atoms with Crippen LogP contribution in [0.5, 0.6) is 5.75 Å². The molecule has 0 unspecified atom stereocenters. The molecule has 206 valence electrons. The Morgan fingerprint density at radius 2 is 0.875 bits per heavy atom. The maximum Gasteiger partial charge on any atom is 0.200 e. The minimum Gasteiger partial charge on any atom is -0.497 e. The molecule has 0 heterocycles. The molecule has 1 nitrogen and oxygen atoms in total. The van der Waals surface area contributed by atoms with Gasteiger partial charge in [0.05, 0.1) is 18.2 Å². The Morgan fingerprint density at radius 1 is 0.425 bits per heavy atom. The summed E-state index contributed by atoms with van der Waals surface area (Å²) < 4.78 is 182. The molecule has 40 heavy (non-hydrogen) atoms. The van der Waals surface area contributed by atoms with Crippen molar-refractivity contribution in [3.05, 3.63) is 100 Å². The summed E-state index contributed by atoms with van der Waals surface area (Å²) in [7, 11) is 1.01. The maximum atomic E-state index is 15.4. The second kappa shape index (κ2) is 9.35. The molecule has 0 fully saturated rings. The Morgan fingerprint density at radius 3 is 1.38 bits per heavy atom. The molecule has 13 heteroatoms. The first kappa shape index (κ1) is 27.2. The van der Waals surface area contributed by atoms with Crippen LogP contribution < -0.4 is 4.74 Å². The fraction of sp³-hybridized carbons (Fsp3) is 0.0370. The predicted molar refractivity (Wildman–Crippen MR) is 118 cm³/mol. The Labute approximate surface area is 214 Å².